The summed E-state index contributed by atoms with van der Waals surface area (Å²) in [4.78, 5) is 31.4. The maximum atomic E-state index is 13.0. The Hall–Kier alpha value is -3.19. The molecular formula is C24H28N2O5. The van der Waals surface area contributed by atoms with Gasteiger partial charge in [-0.05, 0) is 34.7 Å². The Bertz CT molecular complexity index is 1010. The molecule has 1 fully saturated rings. The van der Waals surface area contributed by atoms with Crippen LogP contribution in [0.2, 0.25) is 0 Å². The maximum Gasteiger partial charge on any atom is 0.295 e. The van der Waals surface area contributed by atoms with Gasteiger partial charge in [-0.3, -0.25) is 14.6 Å². The average molecular weight is 424 g/mol. The van der Waals surface area contributed by atoms with Crippen molar-refractivity contribution in [2.45, 2.75) is 32.2 Å². The Labute approximate surface area is 182 Å². The molecule has 7 heteroatoms. The summed E-state index contributed by atoms with van der Waals surface area (Å²) in [5.74, 6) is -1.28. The number of nitrogens with zero attached hydrogens (tertiary/aromatic N) is 2. The predicted octanol–water partition coefficient (Wildman–Crippen LogP) is 3.46. The molecule has 2 heterocycles. The van der Waals surface area contributed by atoms with E-state index in [-0.39, 0.29) is 29.9 Å². The molecule has 0 spiro atoms. The van der Waals surface area contributed by atoms with Crippen LogP contribution in [0.25, 0.3) is 5.76 Å². The van der Waals surface area contributed by atoms with Gasteiger partial charge >= 0.3 is 0 Å². The van der Waals surface area contributed by atoms with Gasteiger partial charge in [-0.2, -0.15) is 0 Å². The van der Waals surface area contributed by atoms with Crippen molar-refractivity contribution in [2.24, 2.45) is 0 Å². The van der Waals surface area contributed by atoms with E-state index < -0.39 is 17.7 Å². The largest absolute Gasteiger partial charge is 0.507 e. The van der Waals surface area contributed by atoms with E-state index in [4.69, 9.17) is 9.47 Å². The molecule has 3 rings (SSSR count). The van der Waals surface area contributed by atoms with Gasteiger partial charge in [0.2, 0.25) is 0 Å². The molecule has 0 saturated carbocycles. The molecule has 1 aromatic carbocycles. The molecule has 0 bridgehead atoms. The molecule has 1 saturated heterocycles. The SMILES string of the molecule is COCCN1C(=O)C(=O)/C(=C(/O)c2cc(C(C)(C)C)ccc2OC)C1c1cccnc1. The van der Waals surface area contributed by atoms with E-state index in [1.54, 1.807) is 36.7 Å². The number of hydrogen-bond acceptors (Lipinski definition) is 6. The first-order valence-corrected chi connectivity index (χ1v) is 10.1. The van der Waals surface area contributed by atoms with E-state index in [1.807, 2.05) is 6.07 Å². The average Bonchev–Trinajstić information content (AvgIpc) is 3.01. The first kappa shape index (κ1) is 22.5. The zero-order chi connectivity index (χ0) is 22.8. The van der Waals surface area contributed by atoms with Crippen molar-refractivity contribution in [3.8, 4) is 5.75 Å². The van der Waals surface area contributed by atoms with Crippen molar-refractivity contribution >= 4 is 17.4 Å². The Morgan fingerprint density at radius 1 is 1.19 bits per heavy atom. The normalized spacial score (nSPS) is 18.5. The number of aliphatic hydroxyl groups is 1. The molecule has 1 amide bonds. The second-order valence-electron chi connectivity index (χ2n) is 8.44. The fourth-order valence-electron chi connectivity index (χ4n) is 3.69. The number of Topliss-reactive ketones (excluding diaryl/α,β-unsaturated/α-hetero) is 1. The lowest BCUT2D eigenvalue weighted by atomic mass is 9.85. The number of rotatable bonds is 6. The molecule has 0 aliphatic carbocycles. The van der Waals surface area contributed by atoms with Gasteiger partial charge in [-0.15, -0.1) is 0 Å². The highest BCUT2D eigenvalue weighted by atomic mass is 16.5. The summed E-state index contributed by atoms with van der Waals surface area (Å²) in [5.41, 5.74) is 1.79. The zero-order valence-electron chi connectivity index (χ0n) is 18.5. The highest BCUT2D eigenvalue weighted by molar-refractivity contribution is 6.46. The van der Waals surface area contributed by atoms with E-state index in [0.29, 0.717) is 16.9 Å². The number of aliphatic hydroxyl groups excluding tert-OH is 1. The van der Waals surface area contributed by atoms with Gasteiger partial charge in [0.25, 0.3) is 11.7 Å². The zero-order valence-corrected chi connectivity index (χ0v) is 18.5. The smallest absolute Gasteiger partial charge is 0.295 e. The molecule has 1 aliphatic heterocycles. The summed E-state index contributed by atoms with van der Waals surface area (Å²) in [6.07, 6.45) is 3.20. The maximum absolute atomic E-state index is 13.0. The molecule has 7 nitrogen and oxygen atoms in total. The second-order valence-corrected chi connectivity index (χ2v) is 8.44. The number of hydrogen-bond donors (Lipinski definition) is 1. The van der Waals surface area contributed by atoms with Crippen LogP contribution in [-0.4, -0.2) is 54.1 Å². The summed E-state index contributed by atoms with van der Waals surface area (Å²) in [5, 5.41) is 11.3. The van der Waals surface area contributed by atoms with Crippen molar-refractivity contribution in [3.05, 3.63) is 65.0 Å². The first-order valence-electron chi connectivity index (χ1n) is 10.1. The quantitative estimate of drug-likeness (QED) is 0.434. The van der Waals surface area contributed by atoms with E-state index >= 15 is 0 Å². The van der Waals surface area contributed by atoms with Gasteiger partial charge in [-0.25, -0.2) is 0 Å². The molecule has 1 N–H and O–H groups in total. The van der Waals surface area contributed by atoms with Crippen LogP contribution >= 0.6 is 0 Å². The number of carbonyl (C=O) groups excluding carboxylic acids is 2. The Morgan fingerprint density at radius 3 is 2.52 bits per heavy atom. The van der Waals surface area contributed by atoms with Crippen LogP contribution in [0.15, 0.2) is 48.3 Å². The molecule has 1 atom stereocenters. The minimum atomic E-state index is -0.771. The van der Waals surface area contributed by atoms with Gasteiger partial charge in [0, 0.05) is 26.0 Å². The minimum Gasteiger partial charge on any atom is -0.507 e. The summed E-state index contributed by atoms with van der Waals surface area (Å²) < 4.78 is 10.6. The number of ether oxygens (including phenoxy) is 2. The number of ketones is 1. The molecule has 1 aliphatic rings. The van der Waals surface area contributed by atoms with Crippen LogP contribution in [-0.2, 0) is 19.7 Å². The van der Waals surface area contributed by atoms with E-state index in [0.717, 1.165) is 5.56 Å². The van der Waals surface area contributed by atoms with Crippen molar-refractivity contribution in [1.82, 2.24) is 9.88 Å². The highest BCUT2D eigenvalue weighted by Gasteiger charge is 2.46. The van der Waals surface area contributed by atoms with Gasteiger partial charge in [-0.1, -0.05) is 32.9 Å². The first-order chi connectivity index (χ1) is 14.7. The molecule has 1 unspecified atom stereocenters. The van der Waals surface area contributed by atoms with Crippen LogP contribution in [0.4, 0.5) is 0 Å². The number of benzene rings is 1. The van der Waals surface area contributed by atoms with Crippen molar-refractivity contribution < 1.29 is 24.2 Å². The minimum absolute atomic E-state index is 0.0125. The number of amides is 1. The van der Waals surface area contributed by atoms with Gasteiger partial charge in [0.1, 0.15) is 11.5 Å². The third-order valence-corrected chi connectivity index (χ3v) is 5.40. The lowest BCUT2D eigenvalue weighted by molar-refractivity contribution is -0.140. The Balaban J connectivity index is 2.24. The van der Waals surface area contributed by atoms with Crippen LogP contribution in [0, 0.1) is 0 Å². The molecule has 164 valence electrons. The fraction of sp³-hybridized carbons (Fsp3) is 0.375. The second kappa shape index (κ2) is 8.89. The summed E-state index contributed by atoms with van der Waals surface area (Å²) in [6.45, 7) is 6.62. The van der Waals surface area contributed by atoms with Crippen molar-refractivity contribution in [3.63, 3.8) is 0 Å². The fourth-order valence-corrected chi connectivity index (χ4v) is 3.69. The van der Waals surface area contributed by atoms with Gasteiger partial charge < -0.3 is 19.5 Å². The van der Waals surface area contributed by atoms with E-state index in [1.165, 1.54) is 19.1 Å². The van der Waals surface area contributed by atoms with Gasteiger partial charge in [0.15, 0.2) is 0 Å². The molecule has 31 heavy (non-hydrogen) atoms. The molecular weight excluding hydrogens is 396 g/mol. The Kier molecular flexibility index (Phi) is 6.45. The number of methoxy groups -OCH3 is 2. The van der Waals surface area contributed by atoms with Crippen molar-refractivity contribution in [2.75, 3.05) is 27.4 Å². The monoisotopic (exact) mass is 424 g/mol. The summed E-state index contributed by atoms with van der Waals surface area (Å²) in [7, 11) is 3.02. The molecule has 0 radical (unpaired) electrons. The summed E-state index contributed by atoms with van der Waals surface area (Å²) in [6, 6.07) is 8.22. The molecule has 1 aromatic heterocycles. The Morgan fingerprint density at radius 2 is 1.94 bits per heavy atom. The van der Waals surface area contributed by atoms with Crippen molar-refractivity contribution in [1.29, 1.82) is 0 Å². The highest BCUT2D eigenvalue weighted by Crippen LogP contribution is 2.41. The number of pyridine rings is 1. The van der Waals surface area contributed by atoms with E-state index in [2.05, 4.69) is 25.8 Å². The van der Waals surface area contributed by atoms with Crippen LogP contribution in [0.1, 0.15) is 43.5 Å². The van der Waals surface area contributed by atoms with Crippen LogP contribution in [0.3, 0.4) is 0 Å². The lowest BCUT2D eigenvalue weighted by Crippen LogP contribution is -2.32. The third-order valence-electron chi connectivity index (χ3n) is 5.40. The summed E-state index contributed by atoms with van der Waals surface area (Å²) >= 11 is 0. The number of carbonyl (C=O) groups is 2. The van der Waals surface area contributed by atoms with Crippen LogP contribution in [0.5, 0.6) is 5.75 Å². The third kappa shape index (κ3) is 4.32. The van der Waals surface area contributed by atoms with Crippen LogP contribution < -0.4 is 4.74 Å². The standard InChI is InChI=1S/C24H28N2O5/c1-24(2,3)16-8-9-18(31-5)17(13-16)21(27)19-20(15-7-6-10-25-14-15)26(11-12-30-4)23(29)22(19)28/h6-10,13-14,20,27H,11-12H2,1-5H3/b21-19+. The van der Waals surface area contributed by atoms with E-state index in [9.17, 15) is 14.7 Å². The molecule has 2 aromatic rings. The number of likely N-dealkylation sites (tertiary alicyclic amines) is 1. The van der Waals surface area contributed by atoms with Gasteiger partial charge in [0.05, 0.1) is 30.9 Å². The topological polar surface area (TPSA) is 89.0 Å². The number of aromatic nitrogens is 1. The predicted molar refractivity (Wildman–Crippen MR) is 117 cm³/mol. The lowest BCUT2D eigenvalue weighted by Gasteiger charge is -2.25.